The molecule has 2 aromatic heterocycles. The number of ether oxygens (including phenoxy) is 2. The van der Waals surface area contributed by atoms with Crippen LogP contribution in [0.4, 0.5) is 17.5 Å². The van der Waals surface area contributed by atoms with Crippen LogP contribution in [0.15, 0.2) is 36.7 Å². The number of hydrogen-bond acceptors (Lipinski definition) is 8. The highest BCUT2D eigenvalue weighted by atomic mass is 127. The molecule has 0 saturated carbocycles. The summed E-state index contributed by atoms with van der Waals surface area (Å²) >= 11 is 15.6. The molecule has 36 heavy (non-hydrogen) atoms. The van der Waals surface area contributed by atoms with E-state index in [0.29, 0.717) is 33.5 Å². The van der Waals surface area contributed by atoms with Gasteiger partial charge in [0.05, 0.1) is 54.2 Å². The summed E-state index contributed by atoms with van der Waals surface area (Å²) in [6.07, 6.45) is 3.97. The summed E-state index contributed by atoms with van der Waals surface area (Å²) in [4.78, 5) is 11.3. The van der Waals surface area contributed by atoms with Crippen molar-refractivity contribution in [1.29, 1.82) is 0 Å². The summed E-state index contributed by atoms with van der Waals surface area (Å²) in [5, 5.41) is 13.3. The number of nitrogens with one attached hydrogen (secondary N) is 2. The van der Waals surface area contributed by atoms with Crippen LogP contribution >= 0.6 is 51.6 Å². The molecule has 0 aliphatic carbocycles. The maximum absolute atomic E-state index is 6.66. The van der Waals surface area contributed by atoms with Crippen molar-refractivity contribution in [2.75, 3.05) is 50.6 Å². The fraction of sp³-hybridized carbons (Fsp3) is 0.261. The van der Waals surface area contributed by atoms with Gasteiger partial charge in [0, 0.05) is 43.2 Å². The molecule has 0 spiro atoms. The number of anilines is 3. The first-order chi connectivity index (χ1) is 17.5. The fourth-order valence-electron chi connectivity index (χ4n) is 4.12. The number of benzene rings is 2. The van der Waals surface area contributed by atoms with Gasteiger partial charge in [0.15, 0.2) is 5.82 Å². The van der Waals surface area contributed by atoms with Crippen LogP contribution in [-0.2, 0) is 0 Å². The van der Waals surface area contributed by atoms with Crippen molar-refractivity contribution in [3.63, 3.8) is 0 Å². The Morgan fingerprint density at radius 2 is 1.69 bits per heavy atom. The predicted molar refractivity (Wildman–Crippen MR) is 156 cm³/mol. The molecule has 1 saturated heterocycles. The molecule has 2 N–H and O–H groups in total. The molecular formula is C23H23Cl2IN7O2P. The van der Waals surface area contributed by atoms with Crippen molar-refractivity contribution in [1.82, 2.24) is 24.8 Å². The van der Waals surface area contributed by atoms with Crippen LogP contribution in [0.3, 0.4) is 0 Å². The average Bonchev–Trinajstić information content (AvgIpc) is 3.26. The van der Waals surface area contributed by atoms with Gasteiger partial charge >= 0.3 is 0 Å². The van der Waals surface area contributed by atoms with E-state index in [1.807, 2.05) is 22.7 Å². The standard InChI is InChI=1S/C23H23Cl2IN7O2P/c1-34-17-10-18(35-2)21(25)19(20(17)24)13-3-4-15-16(9-13)33(36-26)31-22(15)30-14-11-28-23(29-12-14)32-7-5-27-6-8-32/h3-4,9-12,27,36H,5-8H2,1-2H3,(H,30,31). The van der Waals surface area contributed by atoms with Gasteiger partial charge in [-0.1, -0.05) is 29.3 Å². The molecule has 0 bridgehead atoms. The van der Waals surface area contributed by atoms with Crippen LogP contribution in [0.1, 0.15) is 0 Å². The lowest BCUT2D eigenvalue weighted by Crippen LogP contribution is -2.44. The largest absolute Gasteiger partial charge is 0.495 e. The maximum Gasteiger partial charge on any atom is 0.225 e. The molecule has 13 heteroatoms. The molecule has 9 nitrogen and oxygen atoms in total. The average molecular weight is 658 g/mol. The number of hydrogen-bond donors (Lipinski definition) is 2. The number of aromatic nitrogens is 4. The summed E-state index contributed by atoms with van der Waals surface area (Å²) in [6.45, 7) is 3.66. The summed E-state index contributed by atoms with van der Waals surface area (Å²) in [5.41, 5.74) is 3.19. The summed E-state index contributed by atoms with van der Waals surface area (Å²) < 4.78 is 12.8. The van der Waals surface area contributed by atoms with E-state index >= 15 is 0 Å². The van der Waals surface area contributed by atoms with Crippen molar-refractivity contribution < 1.29 is 9.47 Å². The molecule has 0 radical (unpaired) electrons. The van der Waals surface area contributed by atoms with Gasteiger partial charge in [-0.15, -0.1) is 5.10 Å². The van der Waals surface area contributed by atoms with Crippen LogP contribution in [0.2, 0.25) is 10.0 Å². The van der Waals surface area contributed by atoms with E-state index in [1.54, 1.807) is 32.7 Å². The van der Waals surface area contributed by atoms with Crippen LogP contribution < -0.4 is 25.0 Å². The van der Waals surface area contributed by atoms with Gasteiger partial charge < -0.3 is 25.0 Å². The van der Waals surface area contributed by atoms with Gasteiger partial charge in [0.25, 0.3) is 0 Å². The lowest BCUT2D eigenvalue weighted by Gasteiger charge is -2.27. The molecule has 188 valence electrons. The van der Waals surface area contributed by atoms with E-state index in [-0.39, 0.29) is 0 Å². The predicted octanol–water partition coefficient (Wildman–Crippen LogP) is 5.76. The van der Waals surface area contributed by atoms with Crippen molar-refractivity contribution in [2.45, 2.75) is 0 Å². The second-order valence-electron chi connectivity index (χ2n) is 7.99. The third-order valence-electron chi connectivity index (χ3n) is 5.92. The number of rotatable bonds is 7. The van der Waals surface area contributed by atoms with Crippen LogP contribution in [0.25, 0.3) is 22.0 Å². The summed E-state index contributed by atoms with van der Waals surface area (Å²) in [5.74, 6) is 2.44. The van der Waals surface area contributed by atoms with Crippen molar-refractivity contribution >= 4 is 80.0 Å². The van der Waals surface area contributed by atoms with Crippen molar-refractivity contribution in [3.8, 4) is 22.6 Å². The van der Waals surface area contributed by atoms with E-state index in [2.05, 4.69) is 47.5 Å². The third-order valence-corrected chi connectivity index (χ3v) is 8.55. The van der Waals surface area contributed by atoms with Crippen LogP contribution in [0, 0.1) is 0 Å². The molecule has 4 aromatic rings. The lowest BCUT2D eigenvalue weighted by molar-refractivity contribution is 0.395. The Kier molecular flexibility index (Phi) is 7.87. The quantitative estimate of drug-likeness (QED) is 0.192. The number of piperazine rings is 1. The minimum absolute atomic E-state index is 0.386. The third kappa shape index (κ3) is 4.89. The van der Waals surface area contributed by atoms with E-state index in [4.69, 9.17) is 37.8 Å². The zero-order valence-electron chi connectivity index (χ0n) is 19.5. The highest BCUT2D eigenvalue weighted by Gasteiger charge is 2.21. The number of fused-ring (bicyclic) bond motifs is 1. The molecule has 1 aliphatic heterocycles. The first kappa shape index (κ1) is 25.5. The molecule has 1 unspecified atom stereocenters. The van der Waals surface area contributed by atoms with Gasteiger partial charge in [-0.05, 0) is 39.7 Å². The van der Waals surface area contributed by atoms with Gasteiger partial charge in [-0.25, -0.2) is 14.4 Å². The van der Waals surface area contributed by atoms with E-state index < -0.39 is 0 Å². The lowest BCUT2D eigenvalue weighted by atomic mass is 10.0. The highest BCUT2D eigenvalue weighted by Crippen LogP contribution is 2.47. The SMILES string of the molecule is COc1cc(OC)c(Cl)c(-c2ccc3c(Nc4cnc(N5CCNCC5)nc4)nn(PI)c3c2)c1Cl. The van der Waals surface area contributed by atoms with Crippen molar-refractivity contribution in [2.24, 2.45) is 0 Å². The normalized spacial score (nSPS) is 14.1. The first-order valence-electron chi connectivity index (χ1n) is 11.1. The maximum atomic E-state index is 6.66. The van der Waals surface area contributed by atoms with Crippen LogP contribution in [-0.4, -0.2) is 59.9 Å². The first-order valence-corrected chi connectivity index (χ1v) is 15.9. The second kappa shape index (κ2) is 11.1. The molecule has 3 heterocycles. The van der Waals surface area contributed by atoms with Gasteiger partial charge in [-0.3, -0.25) is 0 Å². The Morgan fingerprint density at radius 3 is 2.31 bits per heavy atom. The minimum Gasteiger partial charge on any atom is -0.495 e. The Bertz CT molecular complexity index is 1370. The Hall–Kier alpha value is -2.11. The molecular weight excluding hydrogens is 635 g/mol. The zero-order chi connectivity index (χ0) is 25.2. The smallest absolute Gasteiger partial charge is 0.225 e. The molecule has 1 fully saturated rings. The molecule has 0 amide bonds. The topological polar surface area (TPSA) is 89.4 Å². The Balaban J connectivity index is 1.50. The Morgan fingerprint density at radius 1 is 1.03 bits per heavy atom. The summed E-state index contributed by atoms with van der Waals surface area (Å²) in [7, 11) is 3.12. The number of halogens is 3. The van der Waals surface area contributed by atoms with E-state index in [9.17, 15) is 0 Å². The highest BCUT2D eigenvalue weighted by molar-refractivity contribution is 14.2. The second-order valence-corrected chi connectivity index (χ2v) is 10.8. The number of nitrogens with zero attached hydrogens (tertiary/aromatic N) is 5. The minimum atomic E-state index is 0.386. The Labute approximate surface area is 233 Å². The van der Waals surface area contributed by atoms with E-state index in [1.165, 1.54) is 0 Å². The number of methoxy groups -OCH3 is 2. The monoisotopic (exact) mass is 657 g/mol. The van der Waals surface area contributed by atoms with Gasteiger partial charge in [-0.2, -0.15) is 0 Å². The van der Waals surface area contributed by atoms with Crippen LogP contribution in [0.5, 0.6) is 11.5 Å². The van der Waals surface area contributed by atoms with Gasteiger partial charge in [0.2, 0.25) is 5.95 Å². The zero-order valence-corrected chi connectivity index (χ0v) is 24.1. The molecule has 1 atom stereocenters. The fourth-order valence-corrected chi connectivity index (χ4v) is 6.35. The molecule has 2 aromatic carbocycles. The molecule has 5 rings (SSSR count). The van der Waals surface area contributed by atoms with Crippen molar-refractivity contribution in [3.05, 3.63) is 46.7 Å². The van der Waals surface area contributed by atoms with Gasteiger partial charge in [0.1, 0.15) is 11.5 Å². The van der Waals surface area contributed by atoms with E-state index in [0.717, 1.165) is 60.1 Å². The summed E-state index contributed by atoms with van der Waals surface area (Å²) in [6, 6.07) is 7.67. The molecule has 1 aliphatic rings.